The third-order valence-corrected chi connectivity index (χ3v) is 7.74. The highest BCUT2D eigenvalue weighted by atomic mass is 32.2. The summed E-state index contributed by atoms with van der Waals surface area (Å²) in [6.45, 7) is 3.99. The highest BCUT2D eigenvalue weighted by molar-refractivity contribution is 7.91. The molecular formula is C21H32F2N4O3S. The van der Waals surface area contributed by atoms with Gasteiger partial charge in [-0.15, -0.1) is 0 Å². The van der Waals surface area contributed by atoms with E-state index >= 15 is 0 Å². The molecule has 1 saturated carbocycles. The summed E-state index contributed by atoms with van der Waals surface area (Å²) in [7, 11) is -3.76. The smallest absolute Gasteiger partial charge is 0.258 e. The lowest BCUT2D eigenvalue weighted by atomic mass is 10.2. The third kappa shape index (κ3) is 6.16. The molecule has 1 fully saturated rings. The Morgan fingerprint density at radius 3 is 2.58 bits per heavy atom. The molecular weight excluding hydrogens is 426 g/mol. The number of alkyl halides is 1. The van der Waals surface area contributed by atoms with Gasteiger partial charge in [-0.1, -0.05) is 19.4 Å². The molecule has 0 spiro atoms. The number of nitrogens with one attached hydrogen (secondary N) is 2. The molecule has 2 rings (SSSR count). The summed E-state index contributed by atoms with van der Waals surface area (Å²) in [6.07, 6.45) is 3.58. The van der Waals surface area contributed by atoms with Crippen molar-refractivity contribution in [2.24, 2.45) is 5.73 Å². The Kier molecular flexibility index (Phi) is 8.41. The lowest BCUT2D eigenvalue weighted by molar-refractivity contribution is -0.131. The molecule has 1 aromatic rings. The van der Waals surface area contributed by atoms with Gasteiger partial charge in [-0.25, -0.2) is 17.2 Å². The molecule has 0 radical (unpaired) electrons. The molecule has 1 aromatic carbocycles. The summed E-state index contributed by atoms with van der Waals surface area (Å²) in [5, 5.41) is 2.85. The second kappa shape index (κ2) is 10.4. The van der Waals surface area contributed by atoms with E-state index in [0.717, 1.165) is 10.5 Å². The van der Waals surface area contributed by atoms with E-state index in [4.69, 9.17) is 5.73 Å². The molecule has 174 valence electrons. The maximum Gasteiger partial charge on any atom is 0.258 e. The number of aryl methyl sites for hydroxylation is 1. The van der Waals surface area contributed by atoms with Gasteiger partial charge in [0.05, 0.1) is 22.7 Å². The van der Waals surface area contributed by atoms with Crippen LogP contribution in [-0.2, 0) is 14.8 Å². The van der Waals surface area contributed by atoms with Crippen molar-refractivity contribution in [3.63, 3.8) is 0 Å². The first kappa shape index (κ1) is 25.1. The number of anilines is 1. The van der Waals surface area contributed by atoms with Gasteiger partial charge in [0.25, 0.3) is 5.91 Å². The number of halogens is 2. The Labute approximate surface area is 183 Å². The molecule has 1 atom stereocenters. The Balaban J connectivity index is 2.34. The van der Waals surface area contributed by atoms with E-state index in [1.807, 2.05) is 6.92 Å². The molecule has 10 heteroatoms. The van der Waals surface area contributed by atoms with Crippen LogP contribution in [0.3, 0.4) is 0 Å². The van der Waals surface area contributed by atoms with Crippen molar-refractivity contribution in [2.75, 3.05) is 25.1 Å². The van der Waals surface area contributed by atoms with E-state index in [2.05, 4.69) is 10.0 Å². The summed E-state index contributed by atoms with van der Waals surface area (Å²) < 4.78 is 55.1. The molecule has 0 saturated heterocycles. The average molecular weight is 459 g/mol. The van der Waals surface area contributed by atoms with Crippen molar-refractivity contribution in [1.82, 2.24) is 9.62 Å². The quantitative estimate of drug-likeness (QED) is 0.447. The minimum absolute atomic E-state index is 0.0576. The SMILES string of the molecule is CCCC1(S(=O)(=O)N/C(=C/N(C(=O)CF)C(C)CN)CNc2ccc(C)cc2F)CC1. The van der Waals surface area contributed by atoms with Crippen molar-refractivity contribution in [3.8, 4) is 0 Å². The maximum absolute atomic E-state index is 14.2. The van der Waals surface area contributed by atoms with E-state index in [9.17, 15) is 22.0 Å². The zero-order valence-electron chi connectivity index (χ0n) is 18.2. The van der Waals surface area contributed by atoms with E-state index in [1.165, 1.54) is 12.3 Å². The van der Waals surface area contributed by atoms with Gasteiger partial charge >= 0.3 is 0 Å². The molecule has 0 aliphatic heterocycles. The molecule has 1 unspecified atom stereocenters. The molecule has 1 aliphatic carbocycles. The van der Waals surface area contributed by atoms with Gasteiger partial charge in [0.2, 0.25) is 10.0 Å². The second-order valence-corrected chi connectivity index (χ2v) is 10.1. The van der Waals surface area contributed by atoms with Crippen LogP contribution < -0.4 is 15.8 Å². The Morgan fingerprint density at radius 1 is 1.39 bits per heavy atom. The Morgan fingerprint density at radius 2 is 2.06 bits per heavy atom. The van der Waals surface area contributed by atoms with Gasteiger partial charge in [0.15, 0.2) is 6.67 Å². The molecule has 7 nitrogen and oxygen atoms in total. The normalized spacial score (nSPS) is 16.5. The summed E-state index contributed by atoms with van der Waals surface area (Å²) in [4.78, 5) is 13.2. The molecule has 4 N–H and O–H groups in total. The monoisotopic (exact) mass is 458 g/mol. The Bertz CT molecular complexity index is 917. The highest BCUT2D eigenvalue weighted by Crippen LogP contribution is 2.47. The topological polar surface area (TPSA) is 105 Å². The number of hydrogen-bond donors (Lipinski definition) is 3. The first-order valence-corrected chi connectivity index (χ1v) is 11.9. The minimum atomic E-state index is -3.76. The van der Waals surface area contributed by atoms with Gasteiger partial charge < -0.3 is 16.0 Å². The van der Waals surface area contributed by atoms with E-state index in [-0.39, 0.29) is 24.5 Å². The number of benzene rings is 1. The van der Waals surface area contributed by atoms with Crippen LogP contribution in [0.2, 0.25) is 0 Å². The fourth-order valence-electron chi connectivity index (χ4n) is 3.39. The van der Waals surface area contributed by atoms with E-state index in [1.54, 1.807) is 26.0 Å². The number of carbonyl (C=O) groups is 1. The number of nitrogens with two attached hydrogens (primary N) is 1. The van der Waals surface area contributed by atoms with Gasteiger partial charge in [0, 0.05) is 18.8 Å². The van der Waals surface area contributed by atoms with Crippen LogP contribution in [0.4, 0.5) is 14.5 Å². The van der Waals surface area contributed by atoms with Gasteiger partial charge in [0.1, 0.15) is 5.82 Å². The average Bonchev–Trinajstić information content (AvgIpc) is 3.51. The summed E-state index contributed by atoms with van der Waals surface area (Å²) >= 11 is 0. The number of rotatable bonds is 12. The maximum atomic E-state index is 14.2. The number of nitrogens with zero attached hydrogens (tertiary/aromatic N) is 1. The first-order valence-electron chi connectivity index (χ1n) is 10.4. The van der Waals surface area contributed by atoms with Crippen LogP contribution in [0.5, 0.6) is 0 Å². The van der Waals surface area contributed by atoms with Crippen molar-refractivity contribution < 1.29 is 22.0 Å². The fourth-order valence-corrected chi connectivity index (χ4v) is 5.19. The summed E-state index contributed by atoms with van der Waals surface area (Å²) in [5.41, 5.74) is 6.66. The predicted molar refractivity (Wildman–Crippen MR) is 118 cm³/mol. The van der Waals surface area contributed by atoms with Crippen LogP contribution in [-0.4, -0.2) is 49.8 Å². The van der Waals surface area contributed by atoms with Gasteiger partial charge in [-0.2, -0.15) is 0 Å². The van der Waals surface area contributed by atoms with E-state index < -0.39 is 39.2 Å². The van der Waals surface area contributed by atoms with Crippen molar-refractivity contribution in [3.05, 3.63) is 41.5 Å². The van der Waals surface area contributed by atoms with Crippen molar-refractivity contribution in [1.29, 1.82) is 0 Å². The molecule has 0 heterocycles. The number of carbonyl (C=O) groups excluding carboxylic acids is 1. The number of hydrogen-bond acceptors (Lipinski definition) is 5. The van der Waals surface area contributed by atoms with Crippen LogP contribution in [0.1, 0.15) is 45.1 Å². The second-order valence-electron chi connectivity index (χ2n) is 8.05. The zero-order chi connectivity index (χ0) is 23.2. The number of amides is 1. The lowest BCUT2D eigenvalue weighted by Gasteiger charge is -2.26. The fraction of sp³-hybridized carbons (Fsp3) is 0.571. The van der Waals surface area contributed by atoms with Crippen molar-refractivity contribution >= 4 is 21.6 Å². The largest absolute Gasteiger partial charge is 0.377 e. The summed E-state index contributed by atoms with van der Waals surface area (Å²) in [6, 6.07) is 4.06. The molecule has 31 heavy (non-hydrogen) atoms. The molecule has 0 aromatic heterocycles. The first-order chi connectivity index (χ1) is 14.6. The molecule has 1 aliphatic rings. The standard InChI is InChI=1S/C21H32F2N4O3S/c1-4-7-21(8-9-21)31(29,30)26-17(14-27(16(3)12-24)20(28)11-22)13-25-19-6-5-15(2)10-18(19)23/h5-6,10,14,16,25-26H,4,7-9,11-13,24H2,1-3H3/b17-14+. The van der Waals surface area contributed by atoms with Crippen LogP contribution in [0.25, 0.3) is 0 Å². The zero-order valence-corrected chi connectivity index (χ0v) is 19.1. The third-order valence-electron chi connectivity index (χ3n) is 5.46. The van der Waals surface area contributed by atoms with Crippen LogP contribution >= 0.6 is 0 Å². The molecule has 1 amide bonds. The van der Waals surface area contributed by atoms with Gasteiger partial charge in [-0.05, 0) is 50.8 Å². The highest BCUT2D eigenvalue weighted by Gasteiger charge is 2.53. The lowest BCUT2D eigenvalue weighted by Crippen LogP contribution is -2.43. The summed E-state index contributed by atoms with van der Waals surface area (Å²) in [5.74, 6) is -1.33. The molecule has 0 bridgehead atoms. The van der Waals surface area contributed by atoms with Gasteiger partial charge in [-0.3, -0.25) is 9.52 Å². The van der Waals surface area contributed by atoms with Crippen LogP contribution in [0.15, 0.2) is 30.1 Å². The predicted octanol–water partition coefficient (Wildman–Crippen LogP) is 2.78. The van der Waals surface area contributed by atoms with E-state index in [0.29, 0.717) is 25.7 Å². The van der Waals surface area contributed by atoms with Crippen molar-refractivity contribution in [2.45, 2.75) is 57.2 Å². The Hall–Kier alpha value is -2.20. The van der Waals surface area contributed by atoms with Crippen LogP contribution in [0, 0.1) is 12.7 Å². The number of sulfonamides is 1. The minimum Gasteiger partial charge on any atom is -0.377 e.